The van der Waals surface area contributed by atoms with Gasteiger partial charge in [-0.05, 0) is 56.3 Å². The third-order valence-electron chi connectivity index (χ3n) is 4.59. The summed E-state index contributed by atoms with van der Waals surface area (Å²) in [5.41, 5.74) is 7.37. The molecule has 1 aromatic carbocycles. The van der Waals surface area contributed by atoms with E-state index in [0.29, 0.717) is 6.04 Å². The minimum Gasteiger partial charge on any atom is -0.324 e. The van der Waals surface area contributed by atoms with Crippen molar-refractivity contribution in [1.82, 2.24) is 4.90 Å². The van der Waals surface area contributed by atoms with Gasteiger partial charge >= 0.3 is 0 Å². The van der Waals surface area contributed by atoms with E-state index >= 15 is 0 Å². The van der Waals surface area contributed by atoms with Crippen LogP contribution in [0.15, 0.2) is 22.7 Å². The molecule has 3 atom stereocenters. The van der Waals surface area contributed by atoms with Crippen LogP contribution in [0.4, 0.5) is 0 Å². The van der Waals surface area contributed by atoms with E-state index in [0.717, 1.165) is 33.9 Å². The summed E-state index contributed by atoms with van der Waals surface area (Å²) in [6, 6.07) is 6.63. The minimum absolute atomic E-state index is 0.0139. The average Bonchev–Trinajstić information content (AvgIpc) is 2.40. The van der Waals surface area contributed by atoms with Crippen molar-refractivity contribution in [3.63, 3.8) is 0 Å². The Bertz CT molecular complexity index is 452. The average molecular weight is 360 g/mol. The molecule has 1 aromatic rings. The molecular formula is C16H24BrClN2. The van der Waals surface area contributed by atoms with E-state index in [1.807, 2.05) is 18.2 Å². The lowest BCUT2D eigenvalue weighted by molar-refractivity contribution is 0.110. The zero-order valence-corrected chi connectivity index (χ0v) is 14.6. The maximum absolute atomic E-state index is 6.32. The smallest absolute Gasteiger partial charge is 0.0464 e. The molecule has 1 heterocycles. The minimum atomic E-state index is 0.0139. The van der Waals surface area contributed by atoms with Crippen LogP contribution in [0.5, 0.6) is 0 Å². The van der Waals surface area contributed by atoms with Gasteiger partial charge in [0.2, 0.25) is 0 Å². The second kappa shape index (κ2) is 7.26. The Kier molecular flexibility index (Phi) is 5.91. The third-order valence-corrected chi connectivity index (χ3v) is 5.41. The number of rotatable bonds is 4. The van der Waals surface area contributed by atoms with Gasteiger partial charge in [0.25, 0.3) is 0 Å². The van der Waals surface area contributed by atoms with Gasteiger partial charge in [-0.15, -0.1) is 0 Å². The predicted molar refractivity (Wildman–Crippen MR) is 90.1 cm³/mol. The van der Waals surface area contributed by atoms with Gasteiger partial charge in [-0.2, -0.15) is 0 Å². The van der Waals surface area contributed by atoms with Crippen molar-refractivity contribution < 1.29 is 0 Å². The second-order valence-electron chi connectivity index (χ2n) is 5.96. The van der Waals surface area contributed by atoms with E-state index in [2.05, 4.69) is 34.7 Å². The number of nitrogens with zero attached hydrogens (tertiary/aromatic N) is 1. The lowest BCUT2D eigenvalue weighted by Gasteiger charge is -2.38. The lowest BCUT2D eigenvalue weighted by atomic mass is 9.91. The number of piperidine rings is 1. The Morgan fingerprint density at radius 2 is 2.20 bits per heavy atom. The van der Waals surface area contributed by atoms with Gasteiger partial charge in [-0.25, -0.2) is 0 Å². The van der Waals surface area contributed by atoms with Crippen molar-refractivity contribution in [2.24, 2.45) is 11.7 Å². The largest absolute Gasteiger partial charge is 0.324 e. The molecule has 112 valence electrons. The molecule has 20 heavy (non-hydrogen) atoms. The van der Waals surface area contributed by atoms with E-state index in [4.69, 9.17) is 17.3 Å². The fourth-order valence-electron chi connectivity index (χ4n) is 3.00. The molecule has 0 radical (unpaired) electrons. The van der Waals surface area contributed by atoms with E-state index in [-0.39, 0.29) is 6.04 Å². The molecule has 0 aromatic heterocycles. The quantitative estimate of drug-likeness (QED) is 0.850. The first kappa shape index (κ1) is 16.3. The Morgan fingerprint density at radius 1 is 1.45 bits per heavy atom. The van der Waals surface area contributed by atoms with Gasteiger partial charge in [0, 0.05) is 28.1 Å². The molecule has 3 unspecified atom stereocenters. The van der Waals surface area contributed by atoms with Crippen molar-refractivity contribution in [2.45, 2.75) is 45.2 Å². The van der Waals surface area contributed by atoms with E-state index in [1.54, 1.807) is 0 Å². The van der Waals surface area contributed by atoms with Crippen LogP contribution in [-0.4, -0.2) is 24.0 Å². The number of nitrogens with two attached hydrogens (primary N) is 1. The zero-order chi connectivity index (χ0) is 14.7. The van der Waals surface area contributed by atoms with Crippen LogP contribution in [0.2, 0.25) is 5.02 Å². The van der Waals surface area contributed by atoms with E-state index in [1.165, 1.54) is 19.4 Å². The SMILES string of the molecule is CC1CCCN(CCC(N)c2ccc(Br)cc2Cl)C1C. The standard InChI is InChI=1S/C16H24BrClN2/c1-11-4-3-8-20(12(11)2)9-7-16(19)14-6-5-13(17)10-15(14)18/h5-6,10-12,16H,3-4,7-9,19H2,1-2H3. The Balaban J connectivity index is 1.93. The molecule has 1 saturated heterocycles. The zero-order valence-electron chi connectivity index (χ0n) is 12.3. The normalized spacial score (nSPS) is 25.6. The van der Waals surface area contributed by atoms with Crippen molar-refractivity contribution in [2.75, 3.05) is 13.1 Å². The van der Waals surface area contributed by atoms with Gasteiger partial charge in [0.15, 0.2) is 0 Å². The van der Waals surface area contributed by atoms with Gasteiger partial charge in [-0.1, -0.05) is 40.5 Å². The summed E-state index contributed by atoms with van der Waals surface area (Å²) >= 11 is 9.70. The first-order valence-corrected chi connectivity index (χ1v) is 8.60. The molecule has 0 bridgehead atoms. The van der Waals surface area contributed by atoms with Crippen LogP contribution in [0.3, 0.4) is 0 Å². The molecule has 1 aliphatic heterocycles. The molecule has 0 spiro atoms. The summed E-state index contributed by atoms with van der Waals surface area (Å²) in [6.07, 6.45) is 3.61. The van der Waals surface area contributed by atoms with Crippen LogP contribution in [0.25, 0.3) is 0 Å². The lowest BCUT2D eigenvalue weighted by Crippen LogP contribution is -2.43. The van der Waals surface area contributed by atoms with Crippen molar-refractivity contribution >= 4 is 27.5 Å². The fraction of sp³-hybridized carbons (Fsp3) is 0.625. The van der Waals surface area contributed by atoms with Crippen LogP contribution >= 0.6 is 27.5 Å². The molecule has 4 heteroatoms. The molecule has 2 N–H and O–H groups in total. The van der Waals surface area contributed by atoms with Gasteiger partial charge in [0.05, 0.1) is 0 Å². The highest BCUT2D eigenvalue weighted by Gasteiger charge is 2.24. The van der Waals surface area contributed by atoms with Crippen molar-refractivity contribution in [3.05, 3.63) is 33.3 Å². The second-order valence-corrected chi connectivity index (χ2v) is 7.28. The Labute approximate surface area is 135 Å². The maximum Gasteiger partial charge on any atom is 0.0464 e. The first-order chi connectivity index (χ1) is 9.49. The summed E-state index contributed by atoms with van der Waals surface area (Å²) in [5, 5.41) is 0.756. The summed E-state index contributed by atoms with van der Waals surface area (Å²) in [7, 11) is 0. The number of likely N-dealkylation sites (tertiary alicyclic amines) is 1. The van der Waals surface area contributed by atoms with E-state index < -0.39 is 0 Å². The highest BCUT2D eigenvalue weighted by atomic mass is 79.9. The third kappa shape index (κ3) is 3.97. The summed E-state index contributed by atoms with van der Waals surface area (Å²) in [4.78, 5) is 2.57. The van der Waals surface area contributed by atoms with Crippen molar-refractivity contribution in [1.29, 1.82) is 0 Å². The molecule has 2 nitrogen and oxygen atoms in total. The maximum atomic E-state index is 6.32. The molecule has 1 fully saturated rings. The van der Waals surface area contributed by atoms with Crippen LogP contribution in [0, 0.1) is 5.92 Å². The first-order valence-electron chi connectivity index (χ1n) is 7.43. The molecule has 2 rings (SSSR count). The molecular weight excluding hydrogens is 336 g/mol. The van der Waals surface area contributed by atoms with Gasteiger partial charge in [0.1, 0.15) is 0 Å². The number of benzene rings is 1. The van der Waals surface area contributed by atoms with Crippen molar-refractivity contribution in [3.8, 4) is 0 Å². The number of halogens is 2. The highest BCUT2D eigenvalue weighted by molar-refractivity contribution is 9.10. The monoisotopic (exact) mass is 358 g/mol. The van der Waals surface area contributed by atoms with Crippen LogP contribution in [0.1, 0.15) is 44.7 Å². The van der Waals surface area contributed by atoms with Crippen LogP contribution in [-0.2, 0) is 0 Å². The molecule has 0 saturated carbocycles. The van der Waals surface area contributed by atoms with E-state index in [9.17, 15) is 0 Å². The Morgan fingerprint density at radius 3 is 2.90 bits per heavy atom. The predicted octanol–water partition coefficient (Wildman–Crippen LogP) is 4.61. The van der Waals surface area contributed by atoms with Gasteiger partial charge in [-0.3, -0.25) is 0 Å². The Hall–Kier alpha value is -0.0900. The highest BCUT2D eigenvalue weighted by Crippen LogP contribution is 2.28. The summed E-state index contributed by atoms with van der Waals surface area (Å²) in [5.74, 6) is 0.788. The number of hydrogen-bond donors (Lipinski definition) is 1. The fourth-order valence-corrected chi connectivity index (χ4v) is 3.81. The molecule has 0 amide bonds. The molecule has 1 aliphatic rings. The van der Waals surface area contributed by atoms with Crippen LogP contribution < -0.4 is 5.73 Å². The summed E-state index contributed by atoms with van der Waals surface area (Å²) < 4.78 is 0.997. The summed E-state index contributed by atoms with van der Waals surface area (Å²) in [6.45, 7) is 6.94. The topological polar surface area (TPSA) is 29.3 Å². The molecule has 0 aliphatic carbocycles. The number of hydrogen-bond acceptors (Lipinski definition) is 2. The van der Waals surface area contributed by atoms with Gasteiger partial charge < -0.3 is 10.6 Å².